The second-order valence-corrected chi connectivity index (χ2v) is 4.73. The van der Waals surface area contributed by atoms with Crippen molar-refractivity contribution in [2.45, 2.75) is 27.3 Å². The zero-order chi connectivity index (χ0) is 14.6. The minimum atomic E-state index is -0.765. The van der Waals surface area contributed by atoms with Gasteiger partial charge in [0, 0.05) is 6.20 Å². The molecule has 0 spiro atoms. The summed E-state index contributed by atoms with van der Waals surface area (Å²) in [5.41, 5.74) is 5.21. The van der Waals surface area contributed by atoms with Gasteiger partial charge in [0.1, 0.15) is 0 Å². The van der Waals surface area contributed by atoms with Crippen molar-refractivity contribution in [3.63, 3.8) is 0 Å². The molecular weight excluding hydrogens is 250 g/mol. The monoisotopic (exact) mass is 269 g/mol. The maximum Gasteiger partial charge on any atom is 0.361 e. The van der Waals surface area contributed by atoms with E-state index in [1.165, 1.54) is 18.0 Å². The number of anilines is 1. The number of carbonyl (C=O) groups is 2. The van der Waals surface area contributed by atoms with Gasteiger partial charge in [0.15, 0.2) is 5.69 Å². The fourth-order valence-electron chi connectivity index (χ4n) is 1.62. The van der Waals surface area contributed by atoms with Crippen LogP contribution in [0, 0.1) is 5.41 Å². The zero-order valence-corrected chi connectivity index (χ0v) is 11.6. The number of esters is 2. The van der Waals surface area contributed by atoms with Gasteiger partial charge in [0.25, 0.3) is 0 Å². The molecular formula is C12H19N3O4. The second kappa shape index (κ2) is 5.73. The maximum atomic E-state index is 11.6. The Balaban J connectivity index is 2.90. The van der Waals surface area contributed by atoms with E-state index < -0.39 is 11.4 Å². The maximum absolute atomic E-state index is 11.6. The molecule has 2 N–H and O–H groups in total. The van der Waals surface area contributed by atoms with E-state index in [9.17, 15) is 9.59 Å². The van der Waals surface area contributed by atoms with Gasteiger partial charge in [-0.1, -0.05) is 0 Å². The molecule has 0 aliphatic carbocycles. The van der Waals surface area contributed by atoms with Crippen LogP contribution < -0.4 is 5.73 Å². The third kappa shape index (κ3) is 3.46. The Morgan fingerprint density at radius 2 is 2.11 bits per heavy atom. The molecule has 0 aliphatic rings. The van der Waals surface area contributed by atoms with Crippen molar-refractivity contribution >= 4 is 17.6 Å². The first-order chi connectivity index (χ1) is 8.81. The number of hydrogen-bond donors (Lipinski definition) is 1. The van der Waals surface area contributed by atoms with Gasteiger partial charge in [-0.05, 0) is 20.8 Å². The number of nitrogens with zero attached hydrogens (tertiary/aromatic N) is 2. The number of ether oxygens (including phenoxy) is 2. The molecule has 0 saturated heterocycles. The van der Waals surface area contributed by atoms with Gasteiger partial charge in [-0.2, -0.15) is 5.10 Å². The van der Waals surface area contributed by atoms with E-state index in [0.29, 0.717) is 0 Å². The predicted molar refractivity (Wildman–Crippen MR) is 68.4 cm³/mol. The third-order valence-electron chi connectivity index (χ3n) is 2.55. The summed E-state index contributed by atoms with van der Waals surface area (Å²) in [5, 5.41) is 4.04. The molecule has 1 rings (SSSR count). The van der Waals surface area contributed by atoms with Crippen LogP contribution in [-0.2, 0) is 20.8 Å². The van der Waals surface area contributed by atoms with Crippen molar-refractivity contribution in [3.05, 3.63) is 11.9 Å². The molecule has 1 heterocycles. The number of aromatic nitrogens is 2. The highest BCUT2D eigenvalue weighted by molar-refractivity contribution is 5.92. The smallest absolute Gasteiger partial charge is 0.361 e. The zero-order valence-electron chi connectivity index (χ0n) is 11.6. The van der Waals surface area contributed by atoms with Gasteiger partial charge < -0.3 is 15.2 Å². The Morgan fingerprint density at radius 1 is 1.47 bits per heavy atom. The van der Waals surface area contributed by atoms with E-state index in [0.717, 1.165) is 0 Å². The highest BCUT2D eigenvalue weighted by atomic mass is 16.5. The third-order valence-corrected chi connectivity index (χ3v) is 2.55. The van der Waals surface area contributed by atoms with Gasteiger partial charge in [0.2, 0.25) is 0 Å². The molecule has 0 amide bonds. The summed E-state index contributed by atoms with van der Waals surface area (Å²) in [5.74, 6) is -0.936. The number of carbonyl (C=O) groups excluding carboxylic acids is 2. The van der Waals surface area contributed by atoms with E-state index in [1.807, 2.05) is 0 Å². The first-order valence-electron chi connectivity index (χ1n) is 5.90. The summed E-state index contributed by atoms with van der Waals surface area (Å²) in [7, 11) is 1.32. The Kier molecular flexibility index (Phi) is 4.52. The van der Waals surface area contributed by atoms with Crippen LogP contribution in [0.5, 0.6) is 0 Å². The van der Waals surface area contributed by atoms with Crippen molar-refractivity contribution in [2.75, 3.05) is 19.5 Å². The predicted octanol–water partition coefficient (Wildman–Crippen LogP) is 0.841. The first-order valence-corrected chi connectivity index (χ1v) is 5.90. The van der Waals surface area contributed by atoms with Gasteiger partial charge in [-0.15, -0.1) is 0 Å². The van der Waals surface area contributed by atoms with Gasteiger partial charge in [-0.3, -0.25) is 9.48 Å². The van der Waals surface area contributed by atoms with Crippen molar-refractivity contribution in [3.8, 4) is 0 Å². The molecule has 0 saturated carbocycles. The number of hydrogen-bond acceptors (Lipinski definition) is 6. The molecule has 0 atom stereocenters. The highest BCUT2D eigenvalue weighted by Gasteiger charge is 2.30. The van der Waals surface area contributed by atoms with Crippen molar-refractivity contribution in [2.24, 2.45) is 5.41 Å². The Hall–Kier alpha value is -2.05. The minimum Gasteiger partial charge on any atom is -0.469 e. The molecule has 0 radical (unpaired) electrons. The highest BCUT2D eigenvalue weighted by Crippen LogP contribution is 2.21. The molecule has 0 aliphatic heterocycles. The lowest BCUT2D eigenvalue weighted by Gasteiger charge is -2.20. The van der Waals surface area contributed by atoms with E-state index in [1.54, 1.807) is 20.8 Å². The van der Waals surface area contributed by atoms with Crippen LogP contribution in [0.4, 0.5) is 5.69 Å². The summed E-state index contributed by atoms with van der Waals surface area (Å²) < 4.78 is 11.0. The van der Waals surface area contributed by atoms with Crippen LogP contribution in [0.3, 0.4) is 0 Å². The Bertz CT molecular complexity index is 479. The minimum absolute atomic E-state index is 0.0579. The lowest BCUT2D eigenvalue weighted by molar-refractivity contribution is -0.151. The molecule has 1 aromatic rings. The summed E-state index contributed by atoms with van der Waals surface area (Å²) in [6.45, 7) is 5.65. The Morgan fingerprint density at radius 3 is 2.63 bits per heavy atom. The van der Waals surface area contributed by atoms with E-state index in [-0.39, 0.29) is 30.5 Å². The number of rotatable bonds is 5. The summed E-state index contributed by atoms with van der Waals surface area (Å²) in [6, 6.07) is 0. The molecule has 19 heavy (non-hydrogen) atoms. The van der Waals surface area contributed by atoms with E-state index in [4.69, 9.17) is 15.2 Å². The standard InChI is InChI=1S/C12H19N3O4/c1-5-19-10(16)9-8(13)6-15(14-9)7-12(2,3)11(17)18-4/h6H,5,7,13H2,1-4H3. The topological polar surface area (TPSA) is 96.4 Å². The number of methoxy groups -OCH3 is 1. The van der Waals surface area contributed by atoms with Crippen molar-refractivity contribution < 1.29 is 19.1 Å². The van der Waals surface area contributed by atoms with E-state index >= 15 is 0 Å². The molecule has 7 nitrogen and oxygen atoms in total. The van der Waals surface area contributed by atoms with E-state index in [2.05, 4.69) is 5.10 Å². The largest absolute Gasteiger partial charge is 0.469 e. The molecule has 0 fully saturated rings. The molecule has 7 heteroatoms. The van der Waals surface area contributed by atoms with Crippen molar-refractivity contribution in [1.82, 2.24) is 9.78 Å². The fraction of sp³-hybridized carbons (Fsp3) is 0.583. The lowest BCUT2D eigenvalue weighted by atomic mass is 9.94. The van der Waals surface area contributed by atoms with Gasteiger partial charge in [-0.25, -0.2) is 4.79 Å². The van der Waals surface area contributed by atoms with Crippen LogP contribution >= 0.6 is 0 Å². The lowest BCUT2D eigenvalue weighted by Crippen LogP contribution is -2.31. The van der Waals surface area contributed by atoms with Gasteiger partial charge in [0.05, 0.1) is 31.4 Å². The summed E-state index contributed by atoms with van der Waals surface area (Å²) in [6.07, 6.45) is 1.50. The fourth-order valence-corrected chi connectivity index (χ4v) is 1.62. The molecule has 106 valence electrons. The summed E-state index contributed by atoms with van der Waals surface area (Å²) >= 11 is 0. The second-order valence-electron chi connectivity index (χ2n) is 4.73. The SMILES string of the molecule is CCOC(=O)c1nn(CC(C)(C)C(=O)OC)cc1N. The van der Waals surface area contributed by atoms with Crippen LogP contribution in [-0.4, -0.2) is 35.4 Å². The average molecular weight is 269 g/mol. The van der Waals surface area contributed by atoms with Crippen LogP contribution in [0.25, 0.3) is 0 Å². The quantitative estimate of drug-likeness (QED) is 0.796. The number of nitrogens with two attached hydrogens (primary N) is 1. The first kappa shape index (κ1) is 15.0. The van der Waals surface area contributed by atoms with Crippen LogP contribution in [0.15, 0.2) is 6.20 Å². The summed E-state index contributed by atoms with van der Waals surface area (Å²) in [4.78, 5) is 23.1. The number of nitrogen functional groups attached to an aromatic ring is 1. The normalized spacial score (nSPS) is 11.2. The average Bonchev–Trinajstić information content (AvgIpc) is 2.68. The molecule has 0 bridgehead atoms. The van der Waals surface area contributed by atoms with Crippen LogP contribution in [0.2, 0.25) is 0 Å². The molecule has 0 aromatic carbocycles. The van der Waals surface area contributed by atoms with Crippen molar-refractivity contribution in [1.29, 1.82) is 0 Å². The Labute approximate surface area is 111 Å². The molecule has 0 unspecified atom stereocenters. The molecule has 1 aromatic heterocycles. The van der Waals surface area contributed by atoms with Crippen LogP contribution in [0.1, 0.15) is 31.3 Å². The van der Waals surface area contributed by atoms with Gasteiger partial charge >= 0.3 is 11.9 Å².